The first kappa shape index (κ1) is 13.2. The minimum atomic E-state index is 0.662. The normalized spacial score (nSPS) is 10.3. The summed E-state index contributed by atoms with van der Waals surface area (Å²) in [6.45, 7) is 6.11. The van der Waals surface area contributed by atoms with Crippen LogP contribution in [0.1, 0.15) is 16.7 Å². The van der Waals surface area contributed by atoms with E-state index in [1.807, 2.05) is 19.1 Å². The Bertz CT molecular complexity index is 609. The topological polar surface area (TPSA) is 60.2 Å². The molecule has 3 N–H and O–H groups in total. The molecule has 1 aromatic carbocycles. The average molecular weight is 257 g/mol. The van der Waals surface area contributed by atoms with Crippen molar-refractivity contribution in [1.29, 1.82) is 0 Å². The first-order chi connectivity index (χ1) is 9.01. The second kappa shape index (κ2) is 5.18. The Morgan fingerprint density at radius 3 is 2.37 bits per heavy atom. The number of nitrogens with two attached hydrogens (primary N) is 1. The Labute approximate surface area is 113 Å². The molecule has 19 heavy (non-hydrogen) atoms. The van der Waals surface area contributed by atoms with Crippen molar-refractivity contribution in [1.82, 2.24) is 4.98 Å². The molecule has 1 aromatic heterocycles. The van der Waals surface area contributed by atoms with Crippen LogP contribution >= 0.6 is 0 Å². The lowest BCUT2D eigenvalue weighted by Gasteiger charge is -2.14. The zero-order valence-corrected chi connectivity index (χ0v) is 11.7. The van der Waals surface area contributed by atoms with E-state index in [2.05, 4.69) is 30.2 Å². The fraction of sp³-hybridized carbons (Fsp3) is 0.267. The highest BCUT2D eigenvalue weighted by Gasteiger charge is 2.08. The third-order valence-electron chi connectivity index (χ3n) is 3.17. The molecule has 4 heteroatoms. The Hall–Kier alpha value is -2.23. The fourth-order valence-corrected chi connectivity index (χ4v) is 1.91. The zero-order chi connectivity index (χ0) is 14.0. The summed E-state index contributed by atoms with van der Waals surface area (Å²) in [7, 11) is 1.67. The Morgan fingerprint density at radius 2 is 1.74 bits per heavy atom. The number of rotatable bonds is 3. The van der Waals surface area contributed by atoms with E-state index in [9.17, 15) is 0 Å². The van der Waals surface area contributed by atoms with E-state index in [0.717, 1.165) is 22.8 Å². The average Bonchev–Trinajstić information content (AvgIpc) is 2.36. The Morgan fingerprint density at radius 1 is 1.05 bits per heavy atom. The van der Waals surface area contributed by atoms with E-state index in [1.165, 1.54) is 11.1 Å². The van der Waals surface area contributed by atoms with Crippen molar-refractivity contribution in [2.45, 2.75) is 20.8 Å². The van der Waals surface area contributed by atoms with Crippen LogP contribution in [0.4, 0.5) is 17.2 Å². The van der Waals surface area contributed by atoms with E-state index in [-0.39, 0.29) is 0 Å². The van der Waals surface area contributed by atoms with Crippen LogP contribution < -0.4 is 15.8 Å². The van der Waals surface area contributed by atoms with E-state index < -0.39 is 0 Å². The first-order valence-electron chi connectivity index (χ1n) is 6.15. The number of aromatic nitrogens is 1. The number of pyridine rings is 1. The molecule has 0 aliphatic carbocycles. The summed E-state index contributed by atoms with van der Waals surface area (Å²) >= 11 is 0. The highest BCUT2D eigenvalue weighted by molar-refractivity contribution is 5.68. The number of hydrogen-bond acceptors (Lipinski definition) is 4. The number of nitrogens with one attached hydrogen (secondary N) is 1. The van der Waals surface area contributed by atoms with Crippen molar-refractivity contribution >= 4 is 17.2 Å². The molecule has 0 spiro atoms. The summed E-state index contributed by atoms with van der Waals surface area (Å²) in [6, 6.07) is 5.97. The first-order valence-corrected chi connectivity index (χ1v) is 6.15. The van der Waals surface area contributed by atoms with Gasteiger partial charge in [-0.05, 0) is 55.7 Å². The van der Waals surface area contributed by atoms with Crippen molar-refractivity contribution in [3.8, 4) is 5.75 Å². The van der Waals surface area contributed by atoms with Crippen LogP contribution in [0.2, 0.25) is 0 Å². The zero-order valence-electron chi connectivity index (χ0n) is 11.7. The molecule has 0 bridgehead atoms. The lowest BCUT2D eigenvalue weighted by atomic mass is 10.1. The van der Waals surface area contributed by atoms with E-state index in [0.29, 0.717) is 5.69 Å². The molecule has 2 rings (SSSR count). The largest absolute Gasteiger partial charge is 0.495 e. The molecule has 0 aliphatic heterocycles. The van der Waals surface area contributed by atoms with Crippen LogP contribution in [-0.2, 0) is 0 Å². The second-order valence-electron chi connectivity index (χ2n) is 4.70. The number of hydrogen-bond donors (Lipinski definition) is 2. The molecule has 4 nitrogen and oxygen atoms in total. The third-order valence-corrected chi connectivity index (χ3v) is 3.17. The van der Waals surface area contributed by atoms with Gasteiger partial charge in [-0.15, -0.1) is 0 Å². The summed E-state index contributed by atoms with van der Waals surface area (Å²) in [4.78, 5) is 4.31. The molecule has 0 saturated carbocycles. The summed E-state index contributed by atoms with van der Waals surface area (Å²) in [5, 5.41) is 3.30. The standard InChI is InChI=1S/C15H19N3O/c1-9-6-13(14(19-4)7-10(9)2)18-15-11(3)5-12(16)8-17-15/h5-8H,16H2,1-4H3,(H,17,18). The fourth-order valence-electron chi connectivity index (χ4n) is 1.91. The lowest BCUT2D eigenvalue weighted by Crippen LogP contribution is -2.01. The molecule has 0 atom stereocenters. The van der Waals surface area contributed by atoms with Gasteiger partial charge in [0, 0.05) is 0 Å². The van der Waals surface area contributed by atoms with Crippen molar-refractivity contribution in [2.24, 2.45) is 0 Å². The van der Waals surface area contributed by atoms with Crippen LogP contribution in [-0.4, -0.2) is 12.1 Å². The Kier molecular flexibility index (Phi) is 3.60. The van der Waals surface area contributed by atoms with Crippen molar-refractivity contribution < 1.29 is 4.74 Å². The quantitative estimate of drug-likeness (QED) is 0.885. The van der Waals surface area contributed by atoms with E-state index >= 15 is 0 Å². The third kappa shape index (κ3) is 2.78. The molecular formula is C15H19N3O. The van der Waals surface area contributed by atoms with Gasteiger partial charge in [0.2, 0.25) is 0 Å². The van der Waals surface area contributed by atoms with Crippen LogP contribution in [0.15, 0.2) is 24.4 Å². The molecule has 1 heterocycles. The van der Waals surface area contributed by atoms with Gasteiger partial charge in [0.25, 0.3) is 0 Å². The molecule has 0 aliphatic rings. The summed E-state index contributed by atoms with van der Waals surface area (Å²) in [6.07, 6.45) is 1.64. The molecule has 0 amide bonds. The number of nitrogen functional groups attached to an aromatic ring is 1. The summed E-state index contributed by atoms with van der Waals surface area (Å²) < 4.78 is 5.40. The lowest BCUT2D eigenvalue weighted by molar-refractivity contribution is 0.416. The van der Waals surface area contributed by atoms with Gasteiger partial charge in [-0.2, -0.15) is 0 Å². The van der Waals surface area contributed by atoms with Crippen LogP contribution in [0.25, 0.3) is 0 Å². The SMILES string of the molecule is COc1cc(C)c(C)cc1Nc1ncc(N)cc1C. The molecule has 0 saturated heterocycles. The minimum Gasteiger partial charge on any atom is -0.495 e. The predicted molar refractivity (Wildman–Crippen MR) is 79.1 cm³/mol. The van der Waals surface area contributed by atoms with Gasteiger partial charge in [0.15, 0.2) is 0 Å². The van der Waals surface area contributed by atoms with Crippen LogP contribution in [0.5, 0.6) is 5.75 Å². The molecule has 100 valence electrons. The molecular weight excluding hydrogens is 238 g/mol. The summed E-state index contributed by atoms with van der Waals surface area (Å²) in [5.74, 6) is 1.59. The van der Waals surface area contributed by atoms with Gasteiger partial charge >= 0.3 is 0 Å². The van der Waals surface area contributed by atoms with Gasteiger partial charge in [-0.25, -0.2) is 4.98 Å². The number of methoxy groups -OCH3 is 1. The van der Waals surface area contributed by atoms with Gasteiger partial charge in [0.1, 0.15) is 11.6 Å². The maximum absolute atomic E-state index is 5.71. The second-order valence-corrected chi connectivity index (χ2v) is 4.70. The number of ether oxygens (including phenoxy) is 1. The maximum Gasteiger partial charge on any atom is 0.142 e. The predicted octanol–water partition coefficient (Wildman–Crippen LogP) is 3.34. The number of nitrogens with zero attached hydrogens (tertiary/aromatic N) is 1. The molecule has 0 fully saturated rings. The van der Waals surface area contributed by atoms with Gasteiger partial charge in [-0.3, -0.25) is 0 Å². The van der Waals surface area contributed by atoms with Gasteiger partial charge < -0.3 is 15.8 Å². The highest BCUT2D eigenvalue weighted by Crippen LogP contribution is 2.31. The Balaban J connectivity index is 2.40. The number of aryl methyl sites for hydroxylation is 3. The van der Waals surface area contributed by atoms with Gasteiger partial charge in [-0.1, -0.05) is 0 Å². The smallest absolute Gasteiger partial charge is 0.142 e. The number of anilines is 3. The monoisotopic (exact) mass is 257 g/mol. The van der Waals surface area contributed by atoms with E-state index in [1.54, 1.807) is 13.3 Å². The van der Waals surface area contributed by atoms with E-state index in [4.69, 9.17) is 10.5 Å². The van der Waals surface area contributed by atoms with Crippen LogP contribution in [0.3, 0.4) is 0 Å². The molecule has 2 aromatic rings. The van der Waals surface area contributed by atoms with Gasteiger partial charge in [0.05, 0.1) is 24.7 Å². The van der Waals surface area contributed by atoms with Crippen molar-refractivity contribution in [2.75, 3.05) is 18.2 Å². The van der Waals surface area contributed by atoms with Crippen LogP contribution in [0, 0.1) is 20.8 Å². The number of benzene rings is 1. The van der Waals surface area contributed by atoms with Crippen molar-refractivity contribution in [3.63, 3.8) is 0 Å². The molecule has 0 radical (unpaired) electrons. The minimum absolute atomic E-state index is 0.662. The van der Waals surface area contributed by atoms with Crippen molar-refractivity contribution in [3.05, 3.63) is 41.1 Å². The molecule has 0 unspecified atom stereocenters. The summed E-state index contributed by atoms with van der Waals surface area (Å²) in [5.41, 5.74) is 10.7. The maximum atomic E-state index is 5.71. The highest BCUT2D eigenvalue weighted by atomic mass is 16.5.